The first-order valence-corrected chi connectivity index (χ1v) is 7.37. The zero-order chi connectivity index (χ0) is 15.4. The molecule has 0 aliphatic carbocycles. The third kappa shape index (κ3) is 4.15. The highest BCUT2D eigenvalue weighted by Gasteiger charge is 2.10. The van der Waals surface area contributed by atoms with Crippen LogP contribution in [0.25, 0.3) is 0 Å². The zero-order valence-electron chi connectivity index (χ0n) is 11.2. The number of rotatable bonds is 5. The SMILES string of the molecule is CNCc1ccc(F)c(COc2cc(F)c(Cl)cc2Br)c1. The van der Waals surface area contributed by atoms with Crippen LogP contribution in [0.5, 0.6) is 5.75 Å². The highest BCUT2D eigenvalue weighted by atomic mass is 79.9. The Morgan fingerprint density at radius 1 is 1.19 bits per heavy atom. The second-order valence-corrected chi connectivity index (χ2v) is 5.70. The van der Waals surface area contributed by atoms with Crippen LogP contribution in [0.1, 0.15) is 11.1 Å². The van der Waals surface area contributed by atoms with Gasteiger partial charge in [-0.05, 0) is 46.7 Å². The summed E-state index contributed by atoms with van der Waals surface area (Å²) in [6.07, 6.45) is 0. The molecule has 0 spiro atoms. The number of halogens is 4. The first-order valence-electron chi connectivity index (χ1n) is 6.20. The quantitative estimate of drug-likeness (QED) is 0.765. The van der Waals surface area contributed by atoms with Crippen LogP contribution in [0.3, 0.4) is 0 Å². The van der Waals surface area contributed by atoms with Gasteiger partial charge >= 0.3 is 0 Å². The van der Waals surface area contributed by atoms with Gasteiger partial charge in [-0.3, -0.25) is 0 Å². The van der Waals surface area contributed by atoms with Crippen molar-refractivity contribution >= 4 is 27.5 Å². The fourth-order valence-corrected chi connectivity index (χ4v) is 2.58. The Balaban J connectivity index is 2.16. The largest absolute Gasteiger partial charge is 0.488 e. The van der Waals surface area contributed by atoms with Crippen molar-refractivity contribution in [1.82, 2.24) is 5.32 Å². The molecule has 0 radical (unpaired) electrons. The summed E-state index contributed by atoms with van der Waals surface area (Å²) in [4.78, 5) is 0. The highest BCUT2D eigenvalue weighted by molar-refractivity contribution is 9.10. The molecule has 0 bridgehead atoms. The van der Waals surface area contributed by atoms with Gasteiger partial charge in [0.2, 0.25) is 0 Å². The normalized spacial score (nSPS) is 10.7. The average molecular weight is 377 g/mol. The number of ether oxygens (including phenoxy) is 1. The predicted molar refractivity (Wildman–Crippen MR) is 82.6 cm³/mol. The third-order valence-corrected chi connectivity index (χ3v) is 3.76. The van der Waals surface area contributed by atoms with Crippen molar-refractivity contribution in [2.24, 2.45) is 0 Å². The van der Waals surface area contributed by atoms with E-state index in [1.807, 2.05) is 7.05 Å². The third-order valence-electron chi connectivity index (χ3n) is 2.85. The lowest BCUT2D eigenvalue weighted by molar-refractivity contribution is 0.296. The molecule has 0 fully saturated rings. The number of nitrogens with one attached hydrogen (secondary N) is 1. The smallest absolute Gasteiger partial charge is 0.145 e. The van der Waals surface area contributed by atoms with Crippen LogP contribution in [0, 0.1) is 11.6 Å². The monoisotopic (exact) mass is 375 g/mol. The summed E-state index contributed by atoms with van der Waals surface area (Å²) in [5.74, 6) is -0.671. The van der Waals surface area contributed by atoms with Crippen molar-refractivity contribution in [2.45, 2.75) is 13.2 Å². The van der Waals surface area contributed by atoms with E-state index in [9.17, 15) is 8.78 Å². The Morgan fingerprint density at radius 3 is 2.67 bits per heavy atom. The molecule has 0 saturated carbocycles. The van der Waals surface area contributed by atoms with E-state index in [0.717, 1.165) is 5.56 Å². The Labute approximate surface area is 135 Å². The number of hydrogen-bond donors (Lipinski definition) is 1. The Kier molecular flexibility index (Phi) is 5.56. The first-order chi connectivity index (χ1) is 10.0. The minimum absolute atomic E-state index is 0.00304. The van der Waals surface area contributed by atoms with Gasteiger partial charge in [0.15, 0.2) is 0 Å². The summed E-state index contributed by atoms with van der Waals surface area (Å²) in [5.41, 5.74) is 1.35. The first kappa shape index (κ1) is 16.2. The summed E-state index contributed by atoms with van der Waals surface area (Å²) < 4.78 is 33.1. The summed E-state index contributed by atoms with van der Waals surface area (Å²) >= 11 is 8.89. The standard InChI is InChI=1S/C15H13BrClF2NO/c1-20-7-9-2-3-13(18)10(4-9)8-21-15-6-14(19)12(17)5-11(15)16/h2-6,20H,7-8H2,1H3. The highest BCUT2D eigenvalue weighted by Crippen LogP contribution is 2.31. The molecule has 0 amide bonds. The molecule has 2 aromatic rings. The molecule has 0 saturated heterocycles. The van der Waals surface area contributed by atoms with Crippen molar-refractivity contribution in [1.29, 1.82) is 0 Å². The van der Waals surface area contributed by atoms with Crippen LogP contribution in [-0.4, -0.2) is 7.05 Å². The zero-order valence-corrected chi connectivity index (χ0v) is 13.6. The van der Waals surface area contributed by atoms with Crippen LogP contribution in [0.15, 0.2) is 34.8 Å². The van der Waals surface area contributed by atoms with Crippen molar-refractivity contribution in [3.8, 4) is 5.75 Å². The minimum atomic E-state index is -0.584. The molecular formula is C15H13BrClF2NO. The fraction of sp³-hybridized carbons (Fsp3) is 0.200. The van der Waals surface area contributed by atoms with E-state index in [-0.39, 0.29) is 23.2 Å². The summed E-state index contributed by atoms with van der Waals surface area (Å²) in [6, 6.07) is 7.38. The molecule has 0 atom stereocenters. The van der Waals surface area contributed by atoms with Gasteiger partial charge in [0.25, 0.3) is 0 Å². The molecule has 6 heteroatoms. The van der Waals surface area contributed by atoms with Crippen molar-refractivity contribution in [2.75, 3.05) is 7.05 Å². The van der Waals surface area contributed by atoms with E-state index in [1.165, 1.54) is 18.2 Å². The number of benzene rings is 2. The molecule has 0 heterocycles. The van der Waals surface area contributed by atoms with E-state index in [2.05, 4.69) is 21.2 Å². The van der Waals surface area contributed by atoms with Crippen LogP contribution in [0.4, 0.5) is 8.78 Å². The van der Waals surface area contributed by atoms with Gasteiger partial charge in [-0.25, -0.2) is 8.78 Å². The molecule has 1 N–H and O–H groups in total. The maximum atomic E-state index is 13.7. The molecule has 112 valence electrons. The fourth-order valence-electron chi connectivity index (χ4n) is 1.82. The topological polar surface area (TPSA) is 21.3 Å². The molecule has 0 aliphatic rings. The number of hydrogen-bond acceptors (Lipinski definition) is 2. The minimum Gasteiger partial charge on any atom is -0.488 e. The van der Waals surface area contributed by atoms with Crippen molar-refractivity contribution < 1.29 is 13.5 Å². The lowest BCUT2D eigenvalue weighted by Gasteiger charge is -2.11. The maximum absolute atomic E-state index is 13.7. The summed E-state index contributed by atoms with van der Waals surface area (Å²) in [7, 11) is 1.81. The molecule has 2 nitrogen and oxygen atoms in total. The van der Waals surface area contributed by atoms with E-state index >= 15 is 0 Å². The molecule has 0 aliphatic heterocycles. The second kappa shape index (κ2) is 7.20. The van der Waals surface area contributed by atoms with Crippen LogP contribution in [0.2, 0.25) is 5.02 Å². The Morgan fingerprint density at radius 2 is 1.95 bits per heavy atom. The molecule has 0 unspecified atom stereocenters. The van der Waals surface area contributed by atoms with E-state index in [1.54, 1.807) is 12.1 Å². The predicted octanol–water partition coefficient (Wildman–Crippen LogP) is 4.68. The average Bonchev–Trinajstić information content (AvgIpc) is 2.44. The van der Waals surface area contributed by atoms with E-state index in [0.29, 0.717) is 16.6 Å². The van der Waals surface area contributed by atoms with Crippen LogP contribution in [-0.2, 0) is 13.2 Å². The van der Waals surface area contributed by atoms with Gasteiger partial charge in [-0.2, -0.15) is 0 Å². The summed E-state index contributed by atoms with van der Waals surface area (Å²) in [6.45, 7) is 0.635. The second-order valence-electron chi connectivity index (χ2n) is 4.44. The lowest BCUT2D eigenvalue weighted by atomic mass is 10.1. The van der Waals surface area contributed by atoms with E-state index in [4.69, 9.17) is 16.3 Å². The van der Waals surface area contributed by atoms with E-state index < -0.39 is 5.82 Å². The van der Waals surface area contributed by atoms with Gasteiger partial charge in [0.05, 0.1) is 9.50 Å². The van der Waals surface area contributed by atoms with Crippen molar-refractivity contribution in [3.63, 3.8) is 0 Å². The van der Waals surface area contributed by atoms with Crippen LogP contribution >= 0.6 is 27.5 Å². The molecule has 2 rings (SSSR count). The maximum Gasteiger partial charge on any atom is 0.145 e. The van der Waals surface area contributed by atoms with Crippen molar-refractivity contribution in [3.05, 3.63) is 62.6 Å². The Hall–Kier alpha value is -1.17. The lowest BCUT2D eigenvalue weighted by Crippen LogP contribution is -2.07. The van der Waals surface area contributed by atoms with Gasteiger partial charge in [0, 0.05) is 18.2 Å². The van der Waals surface area contributed by atoms with Gasteiger partial charge in [0.1, 0.15) is 24.0 Å². The molecular weight excluding hydrogens is 364 g/mol. The van der Waals surface area contributed by atoms with Gasteiger partial charge in [-0.15, -0.1) is 0 Å². The molecule has 0 aromatic heterocycles. The Bertz CT molecular complexity index is 652. The van der Waals surface area contributed by atoms with Gasteiger partial charge < -0.3 is 10.1 Å². The summed E-state index contributed by atoms with van der Waals surface area (Å²) in [5, 5.41) is 2.99. The molecule has 2 aromatic carbocycles. The molecule has 21 heavy (non-hydrogen) atoms. The van der Waals surface area contributed by atoms with Gasteiger partial charge in [-0.1, -0.05) is 17.7 Å². The van der Waals surface area contributed by atoms with Crippen LogP contribution < -0.4 is 10.1 Å².